The van der Waals surface area contributed by atoms with Crippen molar-refractivity contribution < 1.29 is 13.7 Å². The summed E-state index contributed by atoms with van der Waals surface area (Å²) in [4.78, 5) is 4.87. The standard InChI is InChI=1S/C47H34N2/c1-2-45-48-43-22-11-12-23-44(43)49(45)38-27-24-34(25-28-38)46-39-20-9-10-21-40(39)47(37-19-13-18-35(30-37)32-14-5-3-6-15-32)42-31-36(26-29-41(42)46)33-16-7-4-8-17-33/h3-31H,2H2,1H3/i3D,4D,5D,6D,7D,8D,14D,15D,16D,17D. The van der Waals surface area contributed by atoms with Crippen molar-refractivity contribution in [1.29, 1.82) is 0 Å². The molecule has 2 nitrogen and oxygen atoms in total. The van der Waals surface area contributed by atoms with E-state index in [0.29, 0.717) is 16.7 Å². The van der Waals surface area contributed by atoms with Crippen molar-refractivity contribution in [3.8, 4) is 50.2 Å². The molecule has 0 N–H and O–H groups in total. The van der Waals surface area contributed by atoms with Crippen LogP contribution >= 0.6 is 0 Å². The zero-order valence-corrected chi connectivity index (χ0v) is 26.6. The van der Waals surface area contributed by atoms with Gasteiger partial charge >= 0.3 is 0 Å². The van der Waals surface area contributed by atoms with Crippen LogP contribution in [0.15, 0.2) is 176 Å². The first-order valence-electron chi connectivity index (χ1n) is 21.2. The summed E-state index contributed by atoms with van der Waals surface area (Å²) in [7, 11) is 0. The molecule has 232 valence electrons. The van der Waals surface area contributed by atoms with Crippen LogP contribution in [-0.4, -0.2) is 9.55 Å². The molecule has 0 atom stereocenters. The van der Waals surface area contributed by atoms with Gasteiger partial charge < -0.3 is 0 Å². The number of hydrogen-bond donors (Lipinski definition) is 0. The molecule has 2 heteroatoms. The molecule has 8 aromatic carbocycles. The Balaban J connectivity index is 1.34. The van der Waals surface area contributed by atoms with E-state index >= 15 is 0 Å². The van der Waals surface area contributed by atoms with Gasteiger partial charge in [0, 0.05) is 12.1 Å². The molecule has 0 saturated heterocycles. The summed E-state index contributed by atoms with van der Waals surface area (Å²) in [6.45, 7) is 2.09. The first-order valence-corrected chi connectivity index (χ1v) is 16.2. The molecule has 0 aliphatic heterocycles. The molecule has 0 fully saturated rings. The van der Waals surface area contributed by atoms with Crippen molar-refractivity contribution >= 4 is 32.6 Å². The fourth-order valence-corrected chi connectivity index (χ4v) is 6.95. The summed E-state index contributed by atoms with van der Waals surface area (Å²) < 4.78 is 87.1. The Kier molecular flexibility index (Phi) is 4.98. The molecule has 0 radical (unpaired) electrons. The van der Waals surface area contributed by atoms with Gasteiger partial charge in [-0.2, -0.15) is 0 Å². The Bertz CT molecular complexity index is 3150. The predicted octanol–water partition coefficient (Wildman–Crippen LogP) is 12.6. The minimum atomic E-state index is -0.471. The quantitative estimate of drug-likeness (QED) is 0.166. The fourth-order valence-electron chi connectivity index (χ4n) is 6.95. The number of para-hydroxylation sites is 2. The lowest BCUT2D eigenvalue weighted by molar-refractivity contribution is 0.908. The van der Waals surface area contributed by atoms with E-state index in [1.807, 2.05) is 60.7 Å². The number of fused-ring (bicyclic) bond motifs is 3. The smallest absolute Gasteiger partial charge is 0.114 e. The molecule has 0 unspecified atom stereocenters. The zero-order chi connectivity index (χ0) is 41.4. The molecule has 0 bridgehead atoms. The van der Waals surface area contributed by atoms with Crippen LogP contribution in [0.2, 0.25) is 0 Å². The normalized spacial score (nSPS) is 14.3. The highest BCUT2D eigenvalue weighted by Crippen LogP contribution is 2.45. The molecule has 1 aromatic heterocycles. The lowest BCUT2D eigenvalue weighted by Crippen LogP contribution is -2.00. The van der Waals surface area contributed by atoms with Gasteiger partial charge in [0.15, 0.2) is 0 Å². The van der Waals surface area contributed by atoms with E-state index in [4.69, 9.17) is 18.7 Å². The van der Waals surface area contributed by atoms with Crippen LogP contribution in [0, 0.1) is 0 Å². The summed E-state index contributed by atoms with van der Waals surface area (Å²) in [5.41, 5.74) is 7.30. The van der Waals surface area contributed by atoms with Crippen LogP contribution < -0.4 is 0 Å². The summed E-state index contributed by atoms with van der Waals surface area (Å²) in [5, 5.41) is 3.38. The van der Waals surface area contributed by atoms with Crippen LogP contribution in [0.3, 0.4) is 0 Å². The maximum atomic E-state index is 8.82. The zero-order valence-electron chi connectivity index (χ0n) is 36.6. The van der Waals surface area contributed by atoms with Gasteiger partial charge in [-0.3, -0.25) is 4.57 Å². The number of nitrogens with zero attached hydrogens (tertiary/aromatic N) is 2. The number of imidazole rings is 1. The van der Waals surface area contributed by atoms with Crippen molar-refractivity contribution in [2.75, 3.05) is 0 Å². The first-order chi connectivity index (χ1) is 28.4. The van der Waals surface area contributed by atoms with Crippen LogP contribution in [0.25, 0.3) is 82.8 Å². The van der Waals surface area contributed by atoms with Gasteiger partial charge in [-0.1, -0.05) is 146 Å². The molecule has 0 aliphatic rings. The van der Waals surface area contributed by atoms with E-state index in [9.17, 15) is 0 Å². The average molecular weight is 637 g/mol. The largest absolute Gasteiger partial charge is 0.296 e. The van der Waals surface area contributed by atoms with E-state index in [-0.39, 0.29) is 35.3 Å². The molecule has 0 aliphatic carbocycles. The van der Waals surface area contributed by atoms with E-state index in [1.54, 1.807) is 18.2 Å². The summed E-state index contributed by atoms with van der Waals surface area (Å²) in [6.07, 6.45) is 0.751. The number of benzene rings is 8. The summed E-state index contributed by atoms with van der Waals surface area (Å²) >= 11 is 0. The minimum absolute atomic E-state index is 0.0788. The van der Waals surface area contributed by atoms with Gasteiger partial charge in [0.2, 0.25) is 0 Å². The molecule has 0 amide bonds. The van der Waals surface area contributed by atoms with Crippen LogP contribution in [0.4, 0.5) is 0 Å². The first kappa shape index (κ1) is 20.2. The van der Waals surface area contributed by atoms with Crippen molar-refractivity contribution in [2.24, 2.45) is 0 Å². The van der Waals surface area contributed by atoms with E-state index in [1.165, 1.54) is 0 Å². The number of aryl methyl sites for hydroxylation is 1. The third-order valence-electron chi connectivity index (χ3n) is 9.11. The molecular weight excluding hydrogens is 593 g/mol. The maximum absolute atomic E-state index is 8.82. The Hall–Kier alpha value is -6.25. The summed E-state index contributed by atoms with van der Waals surface area (Å²) in [6, 6.07) is 33.4. The minimum Gasteiger partial charge on any atom is -0.296 e. The number of hydrogen-bond acceptors (Lipinski definition) is 1. The molecule has 49 heavy (non-hydrogen) atoms. The molecular formula is C47H34N2. The monoisotopic (exact) mass is 636 g/mol. The van der Waals surface area contributed by atoms with Gasteiger partial charge in [0.05, 0.1) is 24.7 Å². The van der Waals surface area contributed by atoms with Gasteiger partial charge in [-0.05, 0) is 102 Å². The third-order valence-corrected chi connectivity index (χ3v) is 9.11. The second kappa shape index (κ2) is 12.1. The van der Waals surface area contributed by atoms with E-state index in [0.717, 1.165) is 67.2 Å². The van der Waals surface area contributed by atoms with E-state index in [2.05, 4.69) is 47.9 Å². The number of rotatable bonds is 6. The molecule has 0 saturated carbocycles. The highest BCUT2D eigenvalue weighted by atomic mass is 15.1. The predicted molar refractivity (Wildman–Crippen MR) is 207 cm³/mol. The highest BCUT2D eigenvalue weighted by molar-refractivity contribution is 6.22. The Morgan fingerprint density at radius 2 is 1.06 bits per heavy atom. The Labute approximate surface area is 300 Å². The lowest BCUT2D eigenvalue weighted by atomic mass is 9.84. The second-order valence-corrected chi connectivity index (χ2v) is 11.9. The Morgan fingerprint density at radius 3 is 1.76 bits per heavy atom. The fraction of sp³-hybridized carbons (Fsp3) is 0.0426. The maximum Gasteiger partial charge on any atom is 0.114 e. The highest BCUT2D eigenvalue weighted by Gasteiger charge is 2.19. The SMILES string of the molecule is [2H]c1c([2H])c([2H])c(-c2cccc(-c3c4ccccc4c(-c4ccc(-n5c(CC)nc6ccccc65)cc4)c4ccc(-c5c([2H])c([2H])c([2H])c([2H])c5[2H])cc34)c2)c([2H])c1[2H]. The van der Waals surface area contributed by atoms with E-state index < -0.39 is 36.3 Å². The second-order valence-electron chi connectivity index (χ2n) is 11.9. The van der Waals surface area contributed by atoms with Crippen molar-refractivity contribution in [3.63, 3.8) is 0 Å². The van der Waals surface area contributed by atoms with Gasteiger partial charge in [0.25, 0.3) is 0 Å². The van der Waals surface area contributed by atoms with Crippen LogP contribution in [-0.2, 0) is 6.42 Å². The molecule has 9 rings (SSSR count). The molecule has 0 spiro atoms. The van der Waals surface area contributed by atoms with Crippen LogP contribution in [0.5, 0.6) is 0 Å². The Morgan fingerprint density at radius 1 is 0.490 bits per heavy atom. The van der Waals surface area contributed by atoms with Gasteiger partial charge in [-0.25, -0.2) is 4.98 Å². The average Bonchev–Trinajstić information content (AvgIpc) is 3.64. The topological polar surface area (TPSA) is 17.8 Å². The van der Waals surface area contributed by atoms with Gasteiger partial charge in [-0.15, -0.1) is 0 Å². The van der Waals surface area contributed by atoms with Crippen molar-refractivity contribution in [1.82, 2.24) is 9.55 Å². The number of aromatic nitrogens is 2. The molecule has 1 heterocycles. The van der Waals surface area contributed by atoms with Gasteiger partial charge in [0.1, 0.15) is 5.82 Å². The van der Waals surface area contributed by atoms with Crippen LogP contribution in [0.1, 0.15) is 26.5 Å². The summed E-state index contributed by atoms with van der Waals surface area (Å²) in [5.74, 6) is 0.949. The third kappa shape index (κ3) is 5.01. The lowest BCUT2D eigenvalue weighted by Gasteiger charge is -2.19. The van der Waals surface area contributed by atoms with Crippen molar-refractivity contribution in [2.45, 2.75) is 13.3 Å². The van der Waals surface area contributed by atoms with Crippen molar-refractivity contribution in [3.05, 3.63) is 182 Å². The molecule has 9 aromatic rings.